The summed E-state index contributed by atoms with van der Waals surface area (Å²) < 4.78 is 54.6. The van der Waals surface area contributed by atoms with E-state index in [2.05, 4.69) is 9.88 Å². The molecule has 0 bridgehead atoms. The van der Waals surface area contributed by atoms with Crippen LogP contribution in [0.25, 0.3) is 0 Å². The number of nitrogens with zero attached hydrogens (tertiary/aromatic N) is 4. The second-order valence-corrected chi connectivity index (χ2v) is 11.8. The fourth-order valence-corrected chi connectivity index (χ4v) is 6.97. The zero-order chi connectivity index (χ0) is 21.9. The summed E-state index contributed by atoms with van der Waals surface area (Å²) >= 11 is 0. The fourth-order valence-electron chi connectivity index (χ4n) is 4.04. The lowest BCUT2D eigenvalue weighted by Gasteiger charge is -2.33. The summed E-state index contributed by atoms with van der Waals surface area (Å²) in [6.45, 7) is 3.76. The van der Waals surface area contributed by atoms with Crippen LogP contribution in [0.4, 0.5) is 0 Å². The first-order valence-corrected chi connectivity index (χ1v) is 13.5. The van der Waals surface area contributed by atoms with Gasteiger partial charge in [0, 0.05) is 52.0 Å². The summed E-state index contributed by atoms with van der Waals surface area (Å²) in [4.78, 5) is 6.78. The summed E-state index contributed by atoms with van der Waals surface area (Å²) in [5.41, 5.74) is 0.962. The van der Waals surface area contributed by atoms with Gasteiger partial charge in [-0.1, -0.05) is 12.5 Å². The van der Waals surface area contributed by atoms with Crippen molar-refractivity contribution in [3.8, 4) is 0 Å². The van der Waals surface area contributed by atoms with E-state index in [9.17, 15) is 16.8 Å². The molecule has 2 fully saturated rings. The zero-order valence-corrected chi connectivity index (χ0v) is 19.1. The van der Waals surface area contributed by atoms with Crippen LogP contribution in [-0.4, -0.2) is 74.6 Å². The minimum atomic E-state index is -3.66. The minimum Gasteiger partial charge on any atom is -0.295 e. The molecule has 2 aliphatic heterocycles. The summed E-state index contributed by atoms with van der Waals surface area (Å²) in [5, 5.41) is 0. The Morgan fingerprint density at radius 3 is 1.74 bits per heavy atom. The van der Waals surface area contributed by atoms with Crippen molar-refractivity contribution in [3.63, 3.8) is 0 Å². The molecule has 2 aromatic rings. The molecule has 2 aliphatic rings. The van der Waals surface area contributed by atoms with Crippen LogP contribution >= 0.6 is 0 Å². The van der Waals surface area contributed by atoms with Crippen molar-refractivity contribution in [1.82, 2.24) is 18.5 Å². The van der Waals surface area contributed by atoms with Gasteiger partial charge in [-0.25, -0.2) is 16.8 Å². The molecule has 10 heteroatoms. The number of pyridine rings is 1. The van der Waals surface area contributed by atoms with Gasteiger partial charge in [0.25, 0.3) is 0 Å². The highest BCUT2D eigenvalue weighted by atomic mass is 32.2. The molecule has 0 spiro atoms. The molecule has 0 amide bonds. The summed E-state index contributed by atoms with van der Waals surface area (Å²) in [6.07, 6.45) is 4.51. The number of hydrogen-bond donors (Lipinski definition) is 0. The van der Waals surface area contributed by atoms with E-state index >= 15 is 0 Å². The average molecular weight is 465 g/mol. The molecular formula is C21H28N4O4S2. The molecule has 1 aromatic carbocycles. The van der Waals surface area contributed by atoms with E-state index in [4.69, 9.17) is 0 Å². The van der Waals surface area contributed by atoms with Gasteiger partial charge in [0.05, 0.1) is 15.5 Å². The molecule has 0 N–H and O–H groups in total. The molecule has 168 valence electrons. The summed E-state index contributed by atoms with van der Waals surface area (Å²) in [5.74, 6) is 0. The first kappa shape index (κ1) is 22.3. The van der Waals surface area contributed by atoms with Crippen LogP contribution in [0.2, 0.25) is 0 Å². The monoisotopic (exact) mass is 464 g/mol. The number of piperidine rings is 1. The van der Waals surface area contributed by atoms with Crippen LogP contribution in [0, 0.1) is 0 Å². The molecule has 0 saturated carbocycles. The van der Waals surface area contributed by atoms with Crippen LogP contribution in [0.3, 0.4) is 0 Å². The van der Waals surface area contributed by atoms with E-state index in [1.807, 2.05) is 18.2 Å². The largest absolute Gasteiger partial charge is 0.295 e. The molecule has 3 heterocycles. The lowest BCUT2D eigenvalue weighted by atomic mass is 10.2. The maximum Gasteiger partial charge on any atom is 0.243 e. The Morgan fingerprint density at radius 2 is 1.23 bits per heavy atom. The fraction of sp³-hybridized carbons (Fsp3) is 0.476. The number of aromatic nitrogens is 1. The molecule has 4 rings (SSSR count). The molecule has 2 saturated heterocycles. The van der Waals surface area contributed by atoms with Crippen LogP contribution < -0.4 is 0 Å². The van der Waals surface area contributed by atoms with Crippen molar-refractivity contribution in [2.45, 2.75) is 35.6 Å². The van der Waals surface area contributed by atoms with Gasteiger partial charge in [-0.3, -0.25) is 9.88 Å². The van der Waals surface area contributed by atoms with Gasteiger partial charge in [0.15, 0.2) is 0 Å². The third-order valence-corrected chi connectivity index (χ3v) is 9.68. The van der Waals surface area contributed by atoms with Gasteiger partial charge in [-0.05, 0) is 49.2 Å². The predicted octanol–water partition coefficient (Wildman–Crippen LogP) is 1.76. The zero-order valence-electron chi connectivity index (χ0n) is 17.4. The maximum absolute atomic E-state index is 13.1. The van der Waals surface area contributed by atoms with E-state index < -0.39 is 20.0 Å². The lowest BCUT2D eigenvalue weighted by molar-refractivity contribution is 0.180. The lowest BCUT2D eigenvalue weighted by Crippen LogP contribution is -2.48. The van der Waals surface area contributed by atoms with Crippen LogP contribution in [-0.2, 0) is 26.6 Å². The highest BCUT2D eigenvalue weighted by molar-refractivity contribution is 7.89. The van der Waals surface area contributed by atoms with Crippen LogP contribution in [0.1, 0.15) is 25.0 Å². The van der Waals surface area contributed by atoms with Gasteiger partial charge < -0.3 is 0 Å². The van der Waals surface area contributed by atoms with Gasteiger partial charge in [0.2, 0.25) is 20.0 Å². The Morgan fingerprint density at radius 1 is 0.677 bits per heavy atom. The Balaban J connectivity index is 1.41. The van der Waals surface area contributed by atoms with Gasteiger partial charge >= 0.3 is 0 Å². The smallest absolute Gasteiger partial charge is 0.243 e. The van der Waals surface area contributed by atoms with Crippen molar-refractivity contribution < 1.29 is 16.8 Å². The average Bonchev–Trinajstić information content (AvgIpc) is 2.81. The van der Waals surface area contributed by atoms with Crippen molar-refractivity contribution in [2.24, 2.45) is 0 Å². The second kappa shape index (κ2) is 9.33. The number of rotatable bonds is 6. The van der Waals surface area contributed by atoms with E-state index in [0.29, 0.717) is 45.8 Å². The second-order valence-electron chi connectivity index (χ2n) is 7.94. The predicted molar refractivity (Wildman–Crippen MR) is 117 cm³/mol. The Hall–Kier alpha value is -1.85. The number of hydrogen-bond acceptors (Lipinski definition) is 6. The van der Waals surface area contributed by atoms with Crippen molar-refractivity contribution in [2.75, 3.05) is 39.3 Å². The Labute approximate surface area is 184 Å². The summed E-state index contributed by atoms with van der Waals surface area (Å²) in [6, 6.07) is 11.4. The van der Waals surface area contributed by atoms with Crippen molar-refractivity contribution in [1.29, 1.82) is 0 Å². The molecule has 0 unspecified atom stereocenters. The highest BCUT2D eigenvalue weighted by Gasteiger charge is 2.30. The molecule has 1 aromatic heterocycles. The minimum absolute atomic E-state index is 0.128. The Kier molecular flexibility index (Phi) is 6.73. The molecule has 31 heavy (non-hydrogen) atoms. The van der Waals surface area contributed by atoms with Gasteiger partial charge in [-0.15, -0.1) is 0 Å². The third kappa shape index (κ3) is 4.98. The summed E-state index contributed by atoms with van der Waals surface area (Å²) in [7, 11) is -7.24. The van der Waals surface area contributed by atoms with E-state index in [-0.39, 0.29) is 9.79 Å². The highest BCUT2D eigenvalue weighted by Crippen LogP contribution is 2.24. The van der Waals surface area contributed by atoms with Crippen LogP contribution in [0.5, 0.6) is 0 Å². The van der Waals surface area contributed by atoms with Crippen LogP contribution in [0.15, 0.2) is 58.5 Å². The molecule has 0 aliphatic carbocycles. The Bertz CT molecular complexity index is 1080. The van der Waals surface area contributed by atoms with E-state index in [1.54, 1.807) is 6.20 Å². The third-order valence-electron chi connectivity index (χ3n) is 5.86. The quantitative estimate of drug-likeness (QED) is 0.647. The normalized spacial score (nSPS) is 20.0. The standard InChI is InChI=1S/C21H28N4O4S2/c26-30(27,24-12-4-1-5-13-24)20-7-9-21(10-8-20)31(28,29)25-16-14-23(15-17-25)18-19-6-2-3-11-22-19/h2-3,6-11H,1,4-5,12-18H2. The van der Waals surface area contributed by atoms with Crippen molar-refractivity contribution >= 4 is 20.0 Å². The first-order valence-electron chi connectivity index (χ1n) is 10.6. The number of piperazine rings is 1. The first-order chi connectivity index (χ1) is 14.9. The molecule has 0 atom stereocenters. The maximum atomic E-state index is 13.1. The van der Waals surface area contributed by atoms with Gasteiger partial charge in [0.1, 0.15) is 0 Å². The number of sulfonamides is 2. The number of benzene rings is 1. The molecule has 8 nitrogen and oxygen atoms in total. The molecular weight excluding hydrogens is 436 g/mol. The van der Waals surface area contributed by atoms with E-state index in [1.165, 1.54) is 32.9 Å². The van der Waals surface area contributed by atoms with Crippen molar-refractivity contribution in [3.05, 3.63) is 54.4 Å². The van der Waals surface area contributed by atoms with Gasteiger partial charge in [-0.2, -0.15) is 8.61 Å². The molecule has 0 radical (unpaired) electrons. The SMILES string of the molecule is O=S(=O)(c1ccc(S(=O)(=O)N2CCN(Cc3ccccn3)CC2)cc1)N1CCCCC1. The topological polar surface area (TPSA) is 90.9 Å². The van der Waals surface area contributed by atoms with E-state index in [0.717, 1.165) is 25.0 Å².